The summed E-state index contributed by atoms with van der Waals surface area (Å²) in [5.74, 6) is 0. The van der Waals surface area contributed by atoms with Gasteiger partial charge in [0.2, 0.25) is 0 Å². The van der Waals surface area contributed by atoms with Crippen LogP contribution >= 0.6 is 0 Å². The summed E-state index contributed by atoms with van der Waals surface area (Å²) in [5.41, 5.74) is 0. The maximum atomic E-state index is 2.40. The van der Waals surface area contributed by atoms with Gasteiger partial charge in [0.15, 0.2) is 0 Å². The Hall–Kier alpha value is 0.759. The molecule has 0 unspecified atom stereocenters. The molecule has 0 heterocycles. The second-order valence-corrected chi connectivity index (χ2v) is 19.5. The summed E-state index contributed by atoms with van der Waals surface area (Å²) in [7, 11) is 0. The Morgan fingerprint density at radius 2 is 0.900 bits per heavy atom. The first-order valence-electron chi connectivity index (χ1n) is 4.24. The molecule has 10 heavy (non-hydrogen) atoms. The molecule has 0 aliphatic heterocycles. The van der Waals surface area contributed by atoms with E-state index in [-0.39, 0.29) is 5.48 Å². The zero-order valence-electron chi connectivity index (χ0n) is 7.83. The van der Waals surface area contributed by atoms with Crippen molar-refractivity contribution < 1.29 is 5.48 Å². The Kier molecular flexibility index (Phi) is 8.64. The minimum atomic E-state index is -1.39. The van der Waals surface area contributed by atoms with Gasteiger partial charge in [-0.1, -0.05) is 0 Å². The maximum Gasteiger partial charge on any atom is -0.412 e. The van der Waals surface area contributed by atoms with Gasteiger partial charge in [0.1, 0.15) is 0 Å². The molecule has 0 aromatic carbocycles. The normalized spacial score (nSPS) is 10.8. The largest absolute Gasteiger partial charge is 0.412 e. The fourth-order valence-electron chi connectivity index (χ4n) is 1.50. The average molecular weight is 253 g/mol. The van der Waals surface area contributed by atoms with Crippen LogP contribution in [0.1, 0.15) is 27.7 Å². The van der Waals surface area contributed by atoms with Crippen molar-refractivity contribution in [1.29, 1.82) is 0 Å². The molecule has 0 atom stereocenters. The molecule has 2 N–H and O–H groups in total. The molecule has 0 saturated heterocycles. The Labute approximate surface area is 69.4 Å². The molecule has 0 spiro atoms. The van der Waals surface area contributed by atoms with Gasteiger partial charge < -0.3 is 5.48 Å². The van der Waals surface area contributed by atoms with Gasteiger partial charge in [-0.15, -0.1) is 0 Å². The number of hydrogen-bond acceptors (Lipinski definition) is 0. The molecular formula is C8H22OSn. The van der Waals surface area contributed by atoms with Crippen molar-refractivity contribution in [3.05, 3.63) is 0 Å². The molecular weight excluding hydrogens is 231 g/mol. The van der Waals surface area contributed by atoms with Crippen molar-refractivity contribution in [3.8, 4) is 0 Å². The molecule has 0 rings (SSSR count). The summed E-state index contributed by atoms with van der Waals surface area (Å²) >= 11 is -1.39. The monoisotopic (exact) mass is 254 g/mol. The van der Waals surface area contributed by atoms with Gasteiger partial charge in [-0.05, 0) is 0 Å². The average Bonchev–Trinajstić information content (AvgIpc) is 1.95. The molecule has 1 nitrogen and oxygen atoms in total. The van der Waals surface area contributed by atoms with Crippen molar-refractivity contribution in [2.45, 2.75) is 45.4 Å². The summed E-state index contributed by atoms with van der Waals surface area (Å²) in [4.78, 5) is 0. The van der Waals surface area contributed by atoms with Crippen LogP contribution in [0.25, 0.3) is 0 Å². The van der Waals surface area contributed by atoms with E-state index in [0.29, 0.717) is 0 Å². The Morgan fingerprint density at radius 3 is 0.900 bits per heavy atom. The van der Waals surface area contributed by atoms with Crippen molar-refractivity contribution in [1.82, 2.24) is 0 Å². The molecule has 0 aromatic heterocycles. The molecule has 64 valence electrons. The molecule has 0 aliphatic carbocycles. The third-order valence-corrected chi connectivity index (χ3v) is 20.1. The minimum absolute atomic E-state index is 0. The fourth-order valence-corrected chi connectivity index (χ4v) is 10.1. The van der Waals surface area contributed by atoms with E-state index in [4.69, 9.17) is 0 Å². The van der Waals surface area contributed by atoms with Gasteiger partial charge >= 0.3 is 63.8 Å². The van der Waals surface area contributed by atoms with E-state index in [2.05, 4.69) is 27.7 Å². The maximum absolute atomic E-state index is 2.40. The minimum Gasteiger partial charge on any atom is -0.412 e. The molecule has 0 aromatic rings. The summed E-state index contributed by atoms with van der Waals surface area (Å²) in [6.45, 7) is 9.58. The van der Waals surface area contributed by atoms with Crippen LogP contribution in [0.2, 0.25) is 17.7 Å². The summed E-state index contributed by atoms with van der Waals surface area (Å²) in [6, 6.07) is 0. The first-order valence-corrected chi connectivity index (χ1v) is 12.3. The fraction of sp³-hybridized carbons (Fsp3) is 1.00. The third-order valence-electron chi connectivity index (χ3n) is 3.00. The van der Waals surface area contributed by atoms with E-state index in [1.807, 2.05) is 0 Å². The van der Waals surface area contributed by atoms with E-state index in [1.165, 1.54) is 0 Å². The summed E-state index contributed by atoms with van der Waals surface area (Å²) in [5, 5.41) is 0. The zero-order chi connectivity index (χ0) is 7.33. The molecule has 2 heteroatoms. The van der Waals surface area contributed by atoms with Gasteiger partial charge in [0.05, 0.1) is 0 Å². The smallest absolute Gasteiger partial charge is 0.412 e. The SMILES string of the molecule is C[CH2][Sn]([CH2]C)([CH2]C)[CH2]C.O. The third kappa shape index (κ3) is 3.24. The van der Waals surface area contributed by atoms with E-state index >= 15 is 0 Å². The second kappa shape index (κ2) is 6.47. The Morgan fingerprint density at radius 1 is 0.700 bits per heavy atom. The van der Waals surface area contributed by atoms with Gasteiger partial charge in [-0.3, -0.25) is 0 Å². The quantitative estimate of drug-likeness (QED) is 0.690. The summed E-state index contributed by atoms with van der Waals surface area (Å²) in [6.07, 6.45) is 0. The van der Waals surface area contributed by atoms with E-state index in [1.54, 1.807) is 17.7 Å². The summed E-state index contributed by atoms with van der Waals surface area (Å²) < 4.78 is 6.22. The molecule has 0 radical (unpaired) electrons. The standard InChI is InChI=1S/4C2H5.H2O.Sn/c4*1-2;;/h4*1H2,2H3;1H2;. The van der Waals surface area contributed by atoms with Crippen LogP contribution in [0.4, 0.5) is 0 Å². The van der Waals surface area contributed by atoms with Crippen LogP contribution in [0, 0.1) is 0 Å². The van der Waals surface area contributed by atoms with Crippen LogP contribution < -0.4 is 0 Å². The number of rotatable bonds is 4. The first-order chi connectivity index (χ1) is 4.24. The first kappa shape index (κ1) is 13.4. The van der Waals surface area contributed by atoms with Crippen molar-refractivity contribution in [2.75, 3.05) is 0 Å². The van der Waals surface area contributed by atoms with Crippen LogP contribution in [0.15, 0.2) is 0 Å². The van der Waals surface area contributed by atoms with E-state index in [0.717, 1.165) is 0 Å². The molecule has 0 aliphatic rings. The van der Waals surface area contributed by atoms with Gasteiger partial charge in [0.25, 0.3) is 0 Å². The van der Waals surface area contributed by atoms with Crippen LogP contribution in [0.3, 0.4) is 0 Å². The molecule has 0 bridgehead atoms. The van der Waals surface area contributed by atoms with Crippen molar-refractivity contribution in [2.24, 2.45) is 0 Å². The second-order valence-electron chi connectivity index (χ2n) is 2.91. The van der Waals surface area contributed by atoms with Gasteiger partial charge in [0, 0.05) is 0 Å². The predicted molar refractivity (Wildman–Crippen MR) is 51.3 cm³/mol. The molecule has 0 amide bonds. The molecule has 0 fully saturated rings. The Balaban J connectivity index is 0. The van der Waals surface area contributed by atoms with Crippen LogP contribution in [-0.2, 0) is 0 Å². The molecule has 0 saturated carbocycles. The number of hydrogen-bond donors (Lipinski definition) is 0. The predicted octanol–water partition coefficient (Wildman–Crippen LogP) is 2.69. The van der Waals surface area contributed by atoms with E-state index < -0.39 is 18.4 Å². The van der Waals surface area contributed by atoms with Gasteiger partial charge in [-0.2, -0.15) is 0 Å². The Bertz CT molecular complexity index is 52.1. The van der Waals surface area contributed by atoms with Gasteiger partial charge in [-0.25, -0.2) is 0 Å². The zero-order valence-corrected chi connectivity index (χ0v) is 10.7. The van der Waals surface area contributed by atoms with Crippen molar-refractivity contribution >= 4 is 18.4 Å². The van der Waals surface area contributed by atoms with Crippen molar-refractivity contribution in [3.63, 3.8) is 0 Å². The van der Waals surface area contributed by atoms with E-state index in [9.17, 15) is 0 Å². The van der Waals surface area contributed by atoms with Crippen LogP contribution in [-0.4, -0.2) is 23.9 Å². The topological polar surface area (TPSA) is 31.5 Å². The van der Waals surface area contributed by atoms with Crippen LogP contribution in [0.5, 0.6) is 0 Å².